The van der Waals surface area contributed by atoms with Gasteiger partial charge in [0.2, 0.25) is 0 Å². The van der Waals surface area contributed by atoms with E-state index in [4.69, 9.17) is 0 Å². The first-order valence-electron chi connectivity index (χ1n) is 9.27. The molecule has 0 radical (unpaired) electrons. The van der Waals surface area contributed by atoms with Crippen LogP contribution in [0.15, 0.2) is 36.7 Å². The Morgan fingerprint density at radius 2 is 1.85 bits per heavy atom. The Morgan fingerprint density at radius 1 is 1.07 bits per heavy atom. The number of aromatic amines is 1. The first-order chi connectivity index (χ1) is 13.1. The summed E-state index contributed by atoms with van der Waals surface area (Å²) >= 11 is 0. The van der Waals surface area contributed by atoms with Gasteiger partial charge in [-0.3, -0.25) is 9.78 Å². The van der Waals surface area contributed by atoms with Gasteiger partial charge < -0.3 is 10.3 Å². The van der Waals surface area contributed by atoms with Gasteiger partial charge in [-0.05, 0) is 61.2 Å². The van der Waals surface area contributed by atoms with Gasteiger partial charge in [-0.1, -0.05) is 13.8 Å². The van der Waals surface area contributed by atoms with Gasteiger partial charge in [0.05, 0.1) is 5.57 Å². The van der Waals surface area contributed by atoms with Crippen molar-refractivity contribution in [1.82, 2.24) is 15.0 Å². The van der Waals surface area contributed by atoms with Gasteiger partial charge in [0.25, 0.3) is 5.91 Å². The van der Waals surface area contributed by atoms with Crippen molar-refractivity contribution in [3.63, 3.8) is 0 Å². The molecule has 1 aliphatic rings. The van der Waals surface area contributed by atoms with Crippen molar-refractivity contribution in [3.05, 3.63) is 64.9 Å². The zero-order valence-corrected chi connectivity index (χ0v) is 15.8. The molecule has 2 N–H and O–H groups in total. The molecular formula is C22H22N4O. The highest BCUT2D eigenvalue weighted by atomic mass is 16.2. The van der Waals surface area contributed by atoms with Crippen molar-refractivity contribution in [1.29, 1.82) is 0 Å². The SMILES string of the molecule is CCc1cc(CC)c(C=C2C(=O)Nc3nc(C)c(-c4ccncc4)cc32)[nH]1. The predicted octanol–water partition coefficient (Wildman–Crippen LogP) is 4.40. The lowest BCUT2D eigenvalue weighted by Crippen LogP contribution is -2.04. The quantitative estimate of drug-likeness (QED) is 0.679. The monoisotopic (exact) mass is 358 g/mol. The van der Waals surface area contributed by atoms with E-state index in [0.29, 0.717) is 11.4 Å². The number of H-pyrrole nitrogens is 1. The number of carbonyl (C=O) groups is 1. The van der Waals surface area contributed by atoms with E-state index in [1.807, 2.05) is 31.2 Å². The lowest BCUT2D eigenvalue weighted by atomic mass is 9.99. The highest BCUT2D eigenvalue weighted by Gasteiger charge is 2.27. The maximum atomic E-state index is 12.6. The van der Waals surface area contributed by atoms with Crippen LogP contribution < -0.4 is 5.32 Å². The summed E-state index contributed by atoms with van der Waals surface area (Å²) in [5.74, 6) is 0.514. The molecule has 136 valence electrons. The average molecular weight is 358 g/mol. The van der Waals surface area contributed by atoms with Crippen molar-refractivity contribution >= 4 is 23.4 Å². The summed E-state index contributed by atoms with van der Waals surface area (Å²) in [6, 6.07) is 8.14. The molecule has 0 fully saturated rings. The number of nitrogens with one attached hydrogen (secondary N) is 2. The molecule has 27 heavy (non-hydrogen) atoms. The molecule has 4 rings (SSSR count). The number of pyridine rings is 2. The normalized spacial score (nSPS) is 14.5. The molecular weight excluding hydrogens is 336 g/mol. The fourth-order valence-electron chi connectivity index (χ4n) is 3.50. The predicted molar refractivity (Wildman–Crippen MR) is 108 cm³/mol. The molecule has 0 aromatic carbocycles. The second-order valence-corrected chi connectivity index (χ2v) is 6.71. The number of aromatic nitrogens is 3. The average Bonchev–Trinajstić information content (AvgIpc) is 3.22. The summed E-state index contributed by atoms with van der Waals surface area (Å²) in [6.45, 7) is 6.20. The fourth-order valence-corrected chi connectivity index (χ4v) is 3.50. The number of rotatable bonds is 4. The van der Waals surface area contributed by atoms with E-state index in [1.54, 1.807) is 12.4 Å². The van der Waals surface area contributed by atoms with Crippen LogP contribution >= 0.6 is 0 Å². The Hall–Kier alpha value is -3.21. The molecule has 1 amide bonds. The van der Waals surface area contributed by atoms with Gasteiger partial charge in [-0.2, -0.15) is 0 Å². The van der Waals surface area contributed by atoms with E-state index in [0.717, 1.165) is 40.9 Å². The first kappa shape index (κ1) is 17.2. The standard InChI is InChI=1S/C22H22N4O/c1-4-14-10-16(5-2)25-20(14)12-19-18-11-17(15-6-8-23-9-7-15)13(3)24-21(18)26-22(19)27/h6-12,25H,4-5H2,1-3H3,(H,24,26,27). The van der Waals surface area contributed by atoms with E-state index in [1.165, 1.54) is 11.3 Å². The number of aryl methyl sites for hydroxylation is 3. The second kappa shape index (κ2) is 6.83. The highest BCUT2D eigenvalue weighted by Crippen LogP contribution is 2.36. The van der Waals surface area contributed by atoms with Gasteiger partial charge in [0.15, 0.2) is 0 Å². The van der Waals surface area contributed by atoms with Gasteiger partial charge in [0, 0.05) is 40.6 Å². The lowest BCUT2D eigenvalue weighted by molar-refractivity contribution is -0.110. The largest absolute Gasteiger partial charge is 0.359 e. The van der Waals surface area contributed by atoms with Gasteiger partial charge in [0.1, 0.15) is 5.82 Å². The van der Waals surface area contributed by atoms with Gasteiger partial charge in [-0.25, -0.2) is 4.98 Å². The van der Waals surface area contributed by atoms with Crippen molar-refractivity contribution in [2.24, 2.45) is 0 Å². The summed E-state index contributed by atoms with van der Waals surface area (Å²) < 4.78 is 0. The number of amides is 1. The third kappa shape index (κ3) is 3.05. The number of hydrogen-bond acceptors (Lipinski definition) is 3. The van der Waals surface area contributed by atoms with Crippen LogP contribution in [0.4, 0.5) is 5.82 Å². The third-order valence-electron chi connectivity index (χ3n) is 5.01. The Morgan fingerprint density at radius 3 is 2.56 bits per heavy atom. The Balaban J connectivity index is 1.85. The third-order valence-corrected chi connectivity index (χ3v) is 5.01. The van der Waals surface area contributed by atoms with Gasteiger partial charge in [-0.15, -0.1) is 0 Å². The number of fused-ring (bicyclic) bond motifs is 1. The Bertz CT molecular complexity index is 1050. The molecule has 0 spiro atoms. The van der Waals surface area contributed by atoms with E-state index < -0.39 is 0 Å². The first-order valence-corrected chi connectivity index (χ1v) is 9.27. The number of nitrogens with zero attached hydrogens (tertiary/aromatic N) is 2. The van der Waals surface area contributed by atoms with Crippen LogP contribution in [0.3, 0.4) is 0 Å². The van der Waals surface area contributed by atoms with Crippen LogP contribution in [-0.4, -0.2) is 20.9 Å². The van der Waals surface area contributed by atoms with Crippen LogP contribution in [0.1, 0.15) is 42.1 Å². The number of anilines is 1. The van der Waals surface area contributed by atoms with Crippen LogP contribution in [0, 0.1) is 6.92 Å². The van der Waals surface area contributed by atoms with Crippen LogP contribution in [-0.2, 0) is 17.6 Å². The summed E-state index contributed by atoms with van der Waals surface area (Å²) in [5.41, 5.74) is 7.81. The van der Waals surface area contributed by atoms with E-state index in [-0.39, 0.29) is 5.91 Å². The fraction of sp³-hybridized carbons (Fsp3) is 0.227. The molecule has 1 aliphatic heterocycles. The molecule has 3 aromatic heterocycles. The molecule has 0 saturated carbocycles. The van der Waals surface area contributed by atoms with Crippen molar-refractivity contribution in [2.75, 3.05) is 5.32 Å². The zero-order chi connectivity index (χ0) is 19.0. The minimum Gasteiger partial charge on any atom is -0.359 e. The molecule has 5 heteroatoms. The lowest BCUT2D eigenvalue weighted by Gasteiger charge is -2.08. The molecule has 0 bridgehead atoms. The number of carbonyl (C=O) groups excluding carboxylic acids is 1. The maximum Gasteiger partial charge on any atom is 0.257 e. The molecule has 4 heterocycles. The molecule has 0 atom stereocenters. The van der Waals surface area contributed by atoms with Crippen molar-refractivity contribution in [3.8, 4) is 11.1 Å². The minimum absolute atomic E-state index is 0.113. The zero-order valence-electron chi connectivity index (χ0n) is 15.8. The molecule has 0 saturated heterocycles. The van der Waals surface area contributed by atoms with Crippen molar-refractivity contribution in [2.45, 2.75) is 33.6 Å². The van der Waals surface area contributed by atoms with Crippen molar-refractivity contribution < 1.29 is 4.79 Å². The van der Waals surface area contributed by atoms with Crippen LogP contribution in [0.2, 0.25) is 0 Å². The molecule has 3 aromatic rings. The molecule has 0 unspecified atom stereocenters. The second-order valence-electron chi connectivity index (χ2n) is 6.71. The Labute approximate surface area is 158 Å². The van der Waals surface area contributed by atoms with E-state index >= 15 is 0 Å². The van der Waals surface area contributed by atoms with Crippen LogP contribution in [0.5, 0.6) is 0 Å². The highest BCUT2D eigenvalue weighted by molar-refractivity contribution is 6.34. The van der Waals surface area contributed by atoms with Crippen LogP contribution in [0.25, 0.3) is 22.8 Å². The van der Waals surface area contributed by atoms with E-state index in [2.05, 4.69) is 40.2 Å². The molecule has 0 aliphatic carbocycles. The summed E-state index contributed by atoms with van der Waals surface area (Å²) in [6.07, 6.45) is 7.33. The summed E-state index contributed by atoms with van der Waals surface area (Å²) in [4.78, 5) is 24.8. The Kier molecular flexibility index (Phi) is 4.36. The molecule has 5 nitrogen and oxygen atoms in total. The topological polar surface area (TPSA) is 70.7 Å². The van der Waals surface area contributed by atoms with Gasteiger partial charge >= 0.3 is 0 Å². The summed E-state index contributed by atoms with van der Waals surface area (Å²) in [5, 5.41) is 2.90. The maximum absolute atomic E-state index is 12.6. The van der Waals surface area contributed by atoms with E-state index in [9.17, 15) is 4.79 Å². The smallest absolute Gasteiger partial charge is 0.257 e. The minimum atomic E-state index is -0.113. The summed E-state index contributed by atoms with van der Waals surface area (Å²) in [7, 11) is 0. The number of hydrogen-bond donors (Lipinski definition) is 2.